The number of hydrogen-bond acceptors (Lipinski definition) is 1. The zero-order chi connectivity index (χ0) is 14.9. The monoisotopic (exact) mass is 284 g/mol. The Bertz CT molecular complexity index is 620. The van der Waals surface area contributed by atoms with Gasteiger partial charge in [-0.1, -0.05) is 24.3 Å². The summed E-state index contributed by atoms with van der Waals surface area (Å²) in [5.41, 5.74) is -0.0594. The number of hydrogen-bond donors (Lipinski definition) is 1. The Morgan fingerprint density at radius 2 is 1.70 bits per heavy atom. The van der Waals surface area contributed by atoms with Crippen molar-refractivity contribution < 1.29 is 22.7 Å². The molecule has 0 fully saturated rings. The molecule has 0 heterocycles. The highest BCUT2D eigenvalue weighted by molar-refractivity contribution is 5.37. The maximum atomic E-state index is 13.3. The van der Waals surface area contributed by atoms with E-state index in [2.05, 4.69) is 0 Å². The molecular weight excluding hydrogens is 272 g/mol. The largest absolute Gasteiger partial charge is 0.416 e. The van der Waals surface area contributed by atoms with Crippen molar-refractivity contribution in [3.63, 3.8) is 0 Å². The van der Waals surface area contributed by atoms with Gasteiger partial charge in [-0.25, -0.2) is 4.39 Å². The van der Waals surface area contributed by atoms with Gasteiger partial charge >= 0.3 is 6.18 Å². The first-order chi connectivity index (χ1) is 9.29. The summed E-state index contributed by atoms with van der Waals surface area (Å²) < 4.78 is 51.3. The Balaban J connectivity index is 2.48. The van der Waals surface area contributed by atoms with Crippen LogP contribution in [0.25, 0.3) is 0 Å². The van der Waals surface area contributed by atoms with Crippen molar-refractivity contribution in [3.05, 3.63) is 70.5 Å². The minimum Gasteiger partial charge on any atom is -0.384 e. The lowest BCUT2D eigenvalue weighted by Gasteiger charge is -2.16. The van der Waals surface area contributed by atoms with Gasteiger partial charge in [0.15, 0.2) is 0 Å². The molecule has 1 nitrogen and oxygen atoms in total. The van der Waals surface area contributed by atoms with Crippen molar-refractivity contribution in [2.45, 2.75) is 19.2 Å². The molecule has 2 rings (SSSR count). The molecular formula is C15H12F4O. The number of halogens is 4. The standard InChI is InChI=1S/C15H12F4O/c1-9-4-2-3-5-13(9)14(20)10-6-11(15(17,18)19)8-12(16)7-10/h2-8,14,20H,1H3. The van der Waals surface area contributed by atoms with Crippen molar-refractivity contribution in [2.24, 2.45) is 0 Å². The Hall–Kier alpha value is -1.88. The van der Waals surface area contributed by atoms with Crippen molar-refractivity contribution in [1.82, 2.24) is 0 Å². The maximum Gasteiger partial charge on any atom is 0.416 e. The van der Waals surface area contributed by atoms with Gasteiger partial charge in [0, 0.05) is 0 Å². The fourth-order valence-corrected chi connectivity index (χ4v) is 2.01. The van der Waals surface area contributed by atoms with Crippen LogP contribution in [0.1, 0.15) is 28.4 Å². The summed E-state index contributed by atoms with van der Waals surface area (Å²) in [4.78, 5) is 0. The topological polar surface area (TPSA) is 20.2 Å². The normalized spacial score (nSPS) is 13.3. The maximum absolute atomic E-state index is 13.3. The molecule has 106 valence electrons. The van der Waals surface area contributed by atoms with Crippen LogP contribution in [-0.2, 0) is 6.18 Å². The van der Waals surface area contributed by atoms with E-state index in [9.17, 15) is 22.7 Å². The summed E-state index contributed by atoms with van der Waals surface area (Å²) in [5.74, 6) is -1.03. The van der Waals surface area contributed by atoms with Crippen LogP contribution in [-0.4, -0.2) is 5.11 Å². The molecule has 0 spiro atoms. The van der Waals surface area contributed by atoms with Gasteiger partial charge in [-0.3, -0.25) is 0 Å². The molecule has 1 N–H and O–H groups in total. The lowest BCUT2D eigenvalue weighted by Crippen LogP contribution is -2.09. The van der Waals surface area contributed by atoms with E-state index >= 15 is 0 Å². The van der Waals surface area contributed by atoms with Crippen molar-refractivity contribution in [3.8, 4) is 0 Å². The van der Waals surface area contributed by atoms with E-state index < -0.39 is 23.7 Å². The molecule has 0 saturated carbocycles. The van der Waals surface area contributed by atoms with Gasteiger partial charge in [0.05, 0.1) is 5.56 Å². The molecule has 1 atom stereocenters. The second kappa shape index (κ2) is 5.25. The van der Waals surface area contributed by atoms with E-state index in [4.69, 9.17) is 0 Å². The zero-order valence-corrected chi connectivity index (χ0v) is 10.6. The summed E-state index contributed by atoms with van der Waals surface area (Å²) >= 11 is 0. The van der Waals surface area contributed by atoms with Crippen LogP contribution < -0.4 is 0 Å². The molecule has 0 amide bonds. The van der Waals surface area contributed by atoms with E-state index in [0.29, 0.717) is 11.6 Å². The Kier molecular flexibility index (Phi) is 3.81. The highest BCUT2D eigenvalue weighted by Gasteiger charge is 2.32. The Morgan fingerprint density at radius 1 is 1.05 bits per heavy atom. The molecule has 5 heteroatoms. The number of alkyl halides is 3. The molecule has 2 aromatic carbocycles. The third kappa shape index (κ3) is 2.99. The molecule has 0 bridgehead atoms. The highest BCUT2D eigenvalue weighted by Crippen LogP contribution is 2.33. The van der Waals surface area contributed by atoms with Crippen LogP contribution in [0.4, 0.5) is 17.6 Å². The SMILES string of the molecule is Cc1ccccc1C(O)c1cc(F)cc(C(F)(F)F)c1. The smallest absolute Gasteiger partial charge is 0.384 e. The second-order valence-corrected chi connectivity index (χ2v) is 4.53. The van der Waals surface area contributed by atoms with Gasteiger partial charge in [-0.15, -0.1) is 0 Å². The Morgan fingerprint density at radius 3 is 2.30 bits per heavy atom. The van der Waals surface area contributed by atoms with E-state index in [1.54, 1.807) is 31.2 Å². The lowest BCUT2D eigenvalue weighted by molar-refractivity contribution is -0.137. The van der Waals surface area contributed by atoms with Crippen LogP contribution in [0, 0.1) is 12.7 Å². The van der Waals surface area contributed by atoms with Crippen molar-refractivity contribution in [1.29, 1.82) is 0 Å². The van der Waals surface area contributed by atoms with Gasteiger partial charge in [-0.05, 0) is 41.8 Å². The summed E-state index contributed by atoms with van der Waals surface area (Å²) in [6, 6.07) is 8.81. The highest BCUT2D eigenvalue weighted by atomic mass is 19.4. The summed E-state index contributed by atoms with van der Waals surface area (Å²) in [7, 11) is 0. The molecule has 20 heavy (non-hydrogen) atoms. The molecule has 1 unspecified atom stereocenters. The molecule has 0 radical (unpaired) electrons. The third-order valence-electron chi connectivity index (χ3n) is 3.05. The van der Waals surface area contributed by atoms with Crippen LogP contribution in [0.5, 0.6) is 0 Å². The molecule has 2 aromatic rings. The molecule has 0 saturated heterocycles. The first-order valence-corrected chi connectivity index (χ1v) is 5.90. The lowest BCUT2D eigenvalue weighted by atomic mass is 9.96. The van der Waals surface area contributed by atoms with Gasteiger partial charge in [-0.2, -0.15) is 13.2 Å². The van der Waals surface area contributed by atoms with E-state index in [-0.39, 0.29) is 5.56 Å². The molecule has 0 aliphatic rings. The van der Waals surface area contributed by atoms with Gasteiger partial charge in [0.2, 0.25) is 0 Å². The third-order valence-corrected chi connectivity index (χ3v) is 3.05. The van der Waals surface area contributed by atoms with Crippen molar-refractivity contribution >= 4 is 0 Å². The number of aliphatic hydroxyl groups is 1. The van der Waals surface area contributed by atoms with Gasteiger partial charge in [0.1, 0.15) is 11.9 Å². The molecule has 0 aliphatic carbocycles. The fourth-order valence-electron chi connectivity index (χ4n) is 2.01. The second-order valence-electron chi connectivity index (χ2n) is 4.53. The average molecular weight is 284 g/mol. The van der Waals surface area contributed by atoms with Crippen LogP contribution in [0.3, 0.4) is 0 Å². The quantitative estimate of drug-likeness (QED) is 0.818. The first-order valence-electron chi connectivity index (χ1n) is 5.90. The summed E-state index contributed by atoms with van der Waals surface area (Å²) in [6.45, 7) is 1.72. The van der Waals surface area contributed by atoms with Crippen LogP contribution in [0.2, 0.25) is 0 Å². The van der Waals surface area contributed by atoms with Crippen LogP contribution in [0.15, 0.2) is 42.5 Å². The molecule has 0 aliphatic heterocycles. The summed E-state index contributed by atoms with van der Waals surface area (Å²) in [6.07, 6.45) is -5.95. The van der Waals surface area contributed by atoms with Crippen molar-refractivity contribution in [2.75, 3.05) is 0 Å². The predicted molar refractivity (Wildman–Crippen MR) is 66.6 cm³/mol. The number of benzene rings is 2. The number of rotatable bonds is 2. The zero-order valence-electron chi connectivity index (χ0n) is 10.6. The number of aryl methyl sites for hydroxylation is 1. The first kappa shape index (κ1) is 14.5. The van der Waals surface area contributed by atoms with E-state index in [1.807, 2.05) is 0 Å². The van der Waals surface area contributed by atoms with Gasteiger partial charge in [0.25, 0.3) is 0 Å². The predicted octanol–water partition coefficient (Wildman–Crippen LogP) is 4.23. The average Bonchev–Trinajstić information content (AvgIpc) is 2.37. The van der Waals surface area contributed by atoms with Crippen LogP contribution >= 0.6 is 0 Å². The molecule has 0 aromatic heterocycles. The van der Waals surface area contributed by atoms with E-state index in [1.165, 1.54) is 0 Å². The van der Waals surface area contributed by atoms with E-state index in [0.717, 1.165) is 17.7 Å². The minimum atomic E-state index is -4.65. The summed E-state index contributed by atoms with van der Waals surface area (Å²) in [5, 5.41) is 10.2. The Labute approximate surface area is 113 Å². The minimum absolute atomic E-state index is 0.119. The fraction of sp³-hybridized carbons (Fsp3) is 0.200. The van der Waals surface area contributed by atoms with Gasteiger partial charge < -0.3 is 5.11 Å². The number of aliphatic hydroxyl groups excluding tert-OH is 1.